The van der Waals surface area contributed by atoms with Crippen molar-refractivity contribution in [3.05, 3.63) is 0 Å². The first-order chi connectivity index (χ1) is 19.3. The van der Waals surface area contributed by atoms with Crippen LogP contribution in [0.15, 0.2) is 0 Å². The third-order valence-electron chi connectivity index (χ3n) is 8.10. The topological polar surface area (TPSA) is 120 Å². The predicted octanol–water partition coefficient (Wildman–Crippen LogP) is 2.81. The van der Waals surface area contributed by atoms with Crippen molar-refractivity contribution < 1.29 is 60.6 Å². The molecule has 14 heteroatoms. The molecular weight excluding hydrogens is 572 g/mol. The zero-order valence-electron chi connectivity index (χ0n) is 26.7. The standard InChI is InChI=1S/C28H48O13Si/c1-16(2)37-42(11,38-21-19-17(33-25(7,8)35-19)12-29-27(21)14-31-23(3,4)40-27)39-22-20-18(34-26(9,10)36-20)13-30-28(22)15-32-24(5,6)41-28/h16-22H,12-15H2,1-11H3/t17-,18-,19-,20-,21+,22+,27+,28+/m1/s1. The van der Waals surface area contributed by atoms with Crippen LogP contribution in [0.5, 0.6) is 0 Å². The Morgan fingerprint density at radius 1 is 0.595 bits per heavy atom. The average Bonchev–Trinajstić information content (AvgIpc) is 3.52. The Morgan fingerprint density at radius 3 is 1.33 bits per heavy atom. The van der Waals surface area contributed by atoms with Gasteiger partial charge < -0.3 is 60.6 Å². The van der Waals surface area contributed by atoms with Crippen LogP contribution in [0.4, 0.5) is 0 Å². The molecule has 6 saturated heterocycles. The summed E-state index contributed by atoms with van der Waals surface area (Å²) < 4.78 is 83.3. The summed E-state index contributed by atoms with van der Waals surface area (Å²) in [5.41, 5.74) is 0. The molecule has 0 aromatic rings. The largest absolute Gasteiger partial charge is 0.498 e. The number of fused-ring (bicyclic) bond motifs is 2. The molecule has 242 valence electrons. The van der Waals surface area contributed by atoms with Crippen LogP contribution in [0.1, 0.15) is 69.2 Å². The minimum Gasteiger partial charge on any atom is -0.371 e. The van der Waals surface area contributed by atoms with Gasteiger partial charge in [0.25, 0.3) is 0 Å². The summed E-state index contributed by atoms with van der Waals surface area (Å²) in [4.78, 5) is 0. The molecule has 6 rings (SSSR count). The maximum atomic E-state index is 7.00. The van der Waals surface area contributed by atoms with Crippen LogP contribution in [-0.4, -0.2) is 113 Å². The number of hydrogen-bond acceptors (Lipinski definition) is 13. The Morgan fingerprint density at radius 2 is 1.00 bits per heavy atom. The maximum Gasteiger partial charge on any atom is 0.498 e. The molecule has 0 aromatic carbocycles. The normalized spacial score (nSPS) is 45.1. The lowest BCUT2D eigenvalue weighted by atomic mass is 9.97. The molecule has 42 heavy (non-hydrogen) atoms. The van der Waals surface area contributed by atoms with Gasteiger partial charge in [-0.05, 0) is 69.2 Å². The second kappa shape index (κ2) is 10.1. The van der Waals surface area contributed by atoms with Crippen molar-refractivity contribution >= 4 is 8.80 Å². The number of hydrogen-bond donors (Lipinski definition) is 0. The van der Waals surface area contributed by atoms with Gasteiger partial charge >= 0.3 is 8.80 Å². The predicted molar refractivity (Wildman–Crippen MR) is 145 cm³/mol. The SMILES string of the molecule is CC(C)O[Si](C)(O[C@H]1[C@@H]2OC(C)(C)O[C@@H]2CO[C@]12COC(C)(C)O2)O[C@H]1[C@@H]2OC(C)(C)O[C@@H]2CO[C@]12COC(C)(C)O2. The van der Waals surface area contributed by atoms with Crippen LogP contribution in [0.3, 0.4) is 0 Å². The molecule has 0 bridgehead atoms. The fraction of sp³-hybridized carbons (Fsp3) is 1.00. The Kier molecular flexibility index (Phi) is 7.61. The monoisotopic (exact) mass is 620 g/mol. The van der Waals surface area contributed by atoms with Gasteiger partial charge in [-0.15, -0.1) is 0 Å². The highest BCUT2D eigenvalue weighted by Crippen LogP contribution is 2.49. The molecule has 0 saturated carbocycles. The summed E-state index contributed by atoms with van der Waals surface area (Å²) >= 11 is 0. The van der Waals surface area contributed by atoms with Gasteiger partial charge in [-0.25, -0.2) is 0 Å². The molecule has 0 radical (unpaired) electrons. The summed E-state index contributed by atoms with van der Waals surface area (Å²) in [7, 11) is -3.68. The van der Waals surface area contributed by atoms with Crippen LogP contribution in [0.2, 0.25) is 6.55 Å². The quantitative estimate of drug-likeness (QED) is 0.405. The maximum absolute atomic E-state index is 7.00. The molecule has 0 N–H and O–H groups in total. The van der Waals surface area contributed by atoms with Crippen LogP contribution < -0.4 is 0 Å². The van der Waals surface area contributed by atoms with Crippen LogP contribution in [-0.2, 0) is 60.6 Å². The molecular formula is C28H48O13Si. The third kappa shape index (κ3) is 5.86. The van der Waals surface area contributed by atoms with Crippen molar-refractivity contribution in [2.45, 2.75) is 153 Å². The van der Waals surface area contributed by atoms with Crippen molar-refractivity contribution in [3.8, 4) is 0 Å². The molecule has 6 heterocycles. The van der Waals surface area contributed by atoms with Crippen molar-refractivity contribution in [2.75, 3.05) is 26.4 Å². The van der Waals surface area contributed by atoms with E-state index in [9.17, 15) is 0 Å². The molecule has 6 aliphatic rings. The Hall–Kier alpha value is -0.303. The van der Waals surface area contributed by atoms with Gasteiger partial charge in [-0.3, -0.25) is 0 Å². The van der Waals surface area contributed by atoms with E-state index in [4.69, 9.17) is 60.6 Å². The van der Waals surface area contributed by atoms with E-state index in [0.717, 1.165) is 0 Å². The summed E-state index contributed by atoms with van der Waals surface area (Å²) in [5.74, 6) is -6.07. The van der Waals surface area contributed by atoms with Gasteiger partial charge in [-0.1, -0.05) is 0 Å². The van der Waals surface area contributed by atoms with Gasteiger partial charge in [0.2, 0.25) is 11.6 Å². The summed E-state index contributed by atoms with van der Waals surface area (Å²) in [6.07, 6.45) is -3.77. The van der Waals surface area contributed by atoms with Gasteiger partial charge in [-0.2, -0.15) is 0 Å². The van der Waals surface area contributed by atoms with E-state index in [0.29, 0.717) is 0 Å². The van der Waals surface area contributed by atoms with Gasteiger partial charge in [0.15, 0.2) is 23.1 Å². The van der Waals surface area contributed by atoms with E-state index < -0.39 is 80.2 Å². The van der Waals surface area contributed by atoms with Crippen molar-refractivity contribution in [3.63, 3.8) is 0 Å². The van der Waals surface area contributed by atoms with E-state index in [1.54, 1.807) is 0 Å². The zero-order chi connectivity index (χ0) is 30.6. The molecule has 2 spiro atoms. The first kappa shape index (κ1) is 31.7. The highest BCUT2D eigenvalue weighted by molar-refractivity contribution is 6.59. The third-order valence-corrected chi connectivity index (χ3v) is 10.4. The van der Waals surface area contributed by atoms with Gasteiger partial charge in [0.05, 0.1) is 13.2 Å². The second-order valence-electron chi connectivity index (χ2n) is 14.2. The Labute approximate surface area is 249 Å². The van der Waals surface area contributed by atoms with Crippen molar-refractivity contribution in [1.82, 2.24) is 0 Å². The smallest absolute Gasteiger partial charge is 0.371 e. The molecule has 6 aliphatic heterocycles. The molecule has 6 fully saturated rings. The minimum absolute atomic E-state index is 0.126. The lowest BCUT2D eigenvalue weighted by molar-refractivity contribution is -0.338. The highest BCUT2D eigenvalue weighted by Gasteiger charge is 2.68. The van der Waals surface area contributed by atoms with E-state index in [-0.39, 0.29) is 32.5 Å². The van der Waals surface area contributed by atoms with Gasteiger partial charge in [0, 0.05) is 12.7 Å². The lowest BCUT2D eigenvalue weighted by Crippen LogP contribution is -2.69. The summed E-state index contributed by atoms with van der Waals surface area (Å²) in [6, 6.07) is 0. The summed E-state index contributed by atoms with van der Waals surface area (Å²) in [6.45, 7) is 21.3. The molecule has 0 unspecified atom stereocenters. The van der Waals surface area contributed by atoms with E-state index in [1.165, 1.54) is 0 Å². The first-order valence-corrected chi connectivity index (χ1v) is 17.2. The van der Waals surface area contributed by atoms with Crippen molar-refractivity contribution in [2.24, 2.45) is 0 Å². The van der Waals surface area contributed by atoms with E-state index >= 15 is 0 Å². The molecule has 0 aliphatic carbocycles. The lowest BCUT2D eigenvalue weighted by Gasteiger charge is -2.49. The molecule has 0 aromatic heterocycles. The van der Waals surface area contributed by atoms with E-state index in [1.807, 2.05) is 75.8 Å². The molecule has 8 atom stereocenters. The number of rotatable bonds is 6. The Bertz CT molecular complexity index is 959. The van der Waals surface area contributed by atoms with Crippen LogP contribution >= 0.6 is 0 Å². The average molecular weight is 621 g/mol. The summed E-state index contributed by atoms with van der Waals surface area (Å²) in [5, 5.41) is 0. The first-order valence-electron chi connectivity index (χ1n) is 15.0. The van der Waals surface area contributed by atoms with Gasteiger partial charge in [0.1, 0.15) is 49.8 Å². The second-order valence-corrected chi connectivity index (χ2v) is 16.6. The fourth-order valence-corrected chi connectivity index (χ4v) is 9.39. The number of ether oxygens (including phenoxy) is 10. The van der Waals surface area contributed by atoms with E-state index in [2.05, 4.69) is 0 Å². The zero-order valence-corrected chi connectivity index (χ0v) is 27.7. The molecule has 0 amide bonds. The molecule has 13 nitrogen and oxygen atoms in total. The highest BCUT2D eigenvalue weighted by atomic mass is 28.4. The van der Waals surface area contributed by atoms with Crippen molar-refractivity contribution in [1.29, 1.82) is 0 Å². The van der Waals surface area contributed by atoms with Crippen LogP contribution in [0, 0.1) is 0 Å². The minimum atomic E-state index is -3.68. The fourth-order valence-electron chi connectivity index (χ4n) is 6.82. The van der Waals surface area contributed by atoms with Crippen LogP contribution in [0.25, 0.3) is 0 Å². The Balaban J connectivity index is 1.36.